The molecule has 0 aliphatic heterocycles. The Labute approximate surface area is 126 Å². The fourth-order valence-corrected chi connectivity index (χ4v) is 3.41. The fraction of sp³-hybridized carbons (Fsp3) is 0.538. The summed E-state index contributed by atoms with van der Waals surface area (Å²) in [5, 5.41) is 4.19. The van der Waals surface area contributed by atoms with Crippen molar-refractivity contribution in [3.63, 3.8) is 0 Å². The second-order valence-corrected chi connectivity index (χ2v) is 6.78. The van der Waals surface area contributed by atoms with Gasteiger partial charge in [0, 0.05) is 15.9 Å². The van der Waals surface area contributed by atoms with Crippen molar-refractivity contribution < 1.29 is 9.53 Å². The molecular weight excluding hydrogens is 328 g/mol. The lowest BCUT2D eigenvalue weighted by atomic mass is 9.96. The molecule has 0 fully saturated rings. The third kappa shape index (κ3) is 4.47. The topological polar surface area (TPSA) is 51.2 Å². The van der Waals surface area contributed by atoms with Crippen LogP contribution in [0.15, 0.2) is 27.8 Å². The van der Waals surface area contributed by atoms with E-state index in [4.69, 9.17) is 4.74 Å². The Morgan fingerprint density at radius 3 is 2.89 bits per heavy atom. The molecule has 0 spiro atoms. The zero-order valence-corrected chi connectivity index (χ0v) is 14.0. The summed E-state index contributed by atoms with van der Waals surface area (Å²) in [6.45, 7) is 3.92. The number of hydrogen-bond acceptors (Lipinski definition) is 5. The molecule has 1 aromatic rings. The number of nitrogens with zero attached hydrogens (tertiary/aromatic N) is 1. The van der Waals surface area contributed by atoms with Crippen LogP contribution in [-0.2, 0) is 9.53 Å². The van der Waals surface area contributed by atoms with Crippen LogP contribution in [0.4, 0.5) is 0 Å². The highest BCUT2D eigenvalue weighted by Gasteiger charge is 2.34. The molecule has 106 valence electrons. The minimum absolute atomic E-state index is 0.225. The van der Waals surface area contributed by atoms with E-state index in [1.165, 1.54) is 7.11 Å². The number of likely N-dealkylation sites (N-methyl/N-ethyl adjacent to an activating group) is 1. The molecular formula is C13H19BrN2O2S. The molecule has 0 bridgehead atoms. The van der Waals surface area contributed by atoms with Crippen LogP contribution in [0.1, 0.15) is 20.3 Å². The highest BCUT2D eigenvalue weighted by Crippen LogP contribution is 2.32. The van der Waals surface area contributed by atoms with Crippen LogP contribution in [0.2, 0.25) is 0 Å². The smallest absolute Gasteiger partial charge is 0.325 e. The third-order valence-corrected chi connectivity index (χ3v) is 4.94. The van der Waals surface area contributed by atoms with Gasteiger partial charge in [-0.2, -0.15) is 0 Å². The van der Waals surface area contributed by atoms with Crippen molar-refractivity contribution in [3.05, 3.63) is 22.8 Å². The van der Waals surface area contributed by atoms with E-state index < -0.39 is 5.54 Å². The number of aromatic nitrogens is 1. The standard InChI is InChI=1S/C13H19BrN2O2S/c1-9(8-13(2,15-3)12(17)18-4)19-11-10(14)6-5-7-16-11/h5-7,9,15H,8H2,1-4H3. The number of carbonyl (C=O) groups excluding carboxylic acids is 1. The molecule has 19 heavy (non-hydrogen) atoms. The molecule has 4 nitrogen and oxygen atoms in total. The lowest BCUT2D eigenvalue weighted by molar-refractivity contribution is -0.147. The van der Waals surface area contributed by atoms with Gasteiger partial charge in [0.2, 0.25) is 0 Å². The second-order valence-electron chi connectivity index (χ2n) is 4.50. The van der Waals surface area contributed by atoms with Crippen molar-refractivity contribution in [1.29, 1.82) is 0 Å². The molecule has 1 N–H and O–H groups in total. The van der Waals surface area contributed by atoms with E-state index in [9.17, 15) is 4.79 Å². The van der Waals surface area contributed by atoms with Gasteiger partial charge in [0.1, 0.15) is 10.6 Å². The van der Waals surface area contributed by atoms with Gasteiger partial charge in [-0.15, -0.1) is 11.8 Å². The molecule has 0 saturated carbocycles. The number of rotatable bonds is 6. The molecule has 6 heteroatoms. The van der Waals surface area contributed by atoms with Crippen molar-refractivity contribution in [1.82, 2.24) is 10.3 Å². The number of ether oxygens (including phenoxy) is 1. The molecule has 0 aromatic carbocycles. The quantitative estimate of drug-likeness (QED) is 0.634. The summed E-state index contributed by atoms with van der Waals surface area (Å²) in [5.74, 6) is -0.248. The fourth-order valence-electron chi connectivity index (χ4n) is 1.78. The van der Waals surface area contributed by atoms with E-state index >= 15 is 0 Å². The van der Waals surface area contributed by atoms with Crippen molar-refractivity contribution >= 4 is 33.7 Å². The Kier molecular flexibility index (Phi) is 6.29. The van der Waals surface area contributed by atoms with Crippen LogP contribution < -0.4 is 5.32 Å². The second kappa shape index (κ2) is 7.26. The summed E-state index contributed by atoms with van der Waals surface area (Å²) >= 11 is 5.11. The molecule has 0 amide bonds. The van der Waals surface area contributed by atoms with Crippen LogP contribution in [0.25, 0.3) is 0 Å². The van der Waals surface area contributed by atoms with Gasteiger partial charge in [-0.1, -0.05) is 6.92 Å². The maximum Gasteiger partial charge on any atom is 0.325 e. The maximum atomic E-state index is 11.8. The summed E-state index contributed by atoms with van der Waals surface area (Å²) in [5.41, 5.74) is -0.678. The van der Waals surface area contributed by atoms with Crippen LogP contribution in [0.5, 0.6) is 0 Å². The van der Waals surface area contributed by atoms with Gasteiger partial charge in [0.25, 0.3) is 0 Å². The Balaban J connectivity index is 2.71. The van der Waals surface area contributed by atoms with E-state index in [0.717, 1.165) is 9.50 Å². The van der Waals surface area contributed by atoms with E-state index in [0.29, 0.717) is 6.42 Å². The van der Waals surface area contributed by atoms with Crippen molar-refractivity contribution in [2.24, 2.45) is 0 Å². The zero-order valence-electron chi connectivity index (χ0n) is 11.6. The highest BCUT2D eigenvalue weighted by atomic mass is 79.9. The Hall–Kier alpha value is -0.590. The molecule has 0 aliphatic carbocycles. The number of esters is 1. The number of nitrogens with one attached hydrogen (secondary N) is 1. The first kappa shape index (κ1) is 16.5. The van der Waals surface area contributed by atoms with Gasteiger partial charge < -0.3 is 10.1 Å². The first-order valence-electron chi connectivity index (χ1n) is 5.97. The Bertz CT molecular complexity index is 444. The minimum atomic E-state index is -0.678. The van der Waals surface area contributed by atoms with E-state index in [1.807, 2.05) is 19.1 Å². The SMILES string of the molecule is CNC(C)(CC(C)Sc1ncccc1Br)C(=O)OC. The summed E-state index contributed by atoms with van der Waals surface area (Å²) in [6.07, 6.45) is 2.42. The number of pyridine rings is 1. The van der Waals surface area contributed by atoms with Gasteiger partial charge in [-0.25, -0.2) is 4.98 Å². The predicted molar refractivity (Wildman–Crippen MR) is 81.4 cm³/mol. The van der Waals surface area contributed by atoms with Gasteiger partial charge >= 0.3 is 5.97 Å². The van der Waals surface area contributed by atoms with Crippen LogP contribution >= 0.6 is 27.7 Å². The molecule has 1 heterocycles. The lowest BCUT2D eigenvalue weighted by Crippen LogP contribution is -2.49. The maximum absolute atomic E-state index is 11.8. The van der Waals surface area contributed by atoms with E-state index in [1.54, 1.807) is 25.0 Å². The van der Waals surface area contributed by atoms with Gasteiger partial charge in [-0.05, 0) is 48.5 Å². The monoisotopic (exact) mass is 346 g/mol. The first-order chi connectivity index (χ1) is 8.92. The van der Waals surface area contributed by atoms with Crippen molar-refractivity contribution in [2.45, 2.75) is 36.1 Å². The molecule has 2 atom stereocenters. The van der Waals surface area contributed by atoms with Crippen LogP contribution in [0.3, 0.4) is 0 Å². The lowest BCUT2D eigenvalue weighted by Gasteiger charge is -2.28. The number of halogens is 1. The number of hydrogen-bond donors (Lipinski definition) is 1. The first-order valence-corrected chi connectivity index (χ1v) is 7.64. The van der Waals surface area contributed by atoms with Crippen LogP contribution in [0, 0.1) is 0 Å². The molecule has 1 rings (SSSR count). The van der Waals surface area contributed by atoms with E-state index in [2.05, 4.69) is 33.2 Å². The number of carbonyl (C=O) groups is 1. The molecule has 0 aliphatic rings. The third-order valence-electron chi connectivity index (χ3n) is 2.92. The molecule has 1 aromatic heterocycles. The van der Waals surface area contributed by atoms with Gasteiger partial charge in [-0.3, -0.25) is 4.79 Å². The number of methoxy groups -OCH3 is 1. The van der Waals surface area contributed by atoms with Crippen LogP contribution in [-0.4, -0.2) is 35.9 Å². The summed E-state index contributed by atoms with van der Waals surface area (Å²) < 4.78 is 5.81. The van der Waals surface area contributed by atoms with Crippen molar-refractivity contribution in [2.75, 3.05) is 14.2 Å². The predicted octanol–water partition coefficient (Wildman–Crippen LogP) is 2.87. The average molecular weight is 347 g/mol. The molecule has 0 radical (unpaired) electrons. The Morgan fingerprint density at radius 1 is 1.68 bits per heavy atom. The number of thioether (sulfide) groups is 1. The Morgan fingerprint density at radius 2 is 2.37 bits per heavy atom. The van der Waals surface area contributed by atoms with Gasteiger partial charge in [0.05, 0.1) is 7.11 Å². The summed E-state index contributed by atoms with van der Waals surface area (Å²) in [4.78, 5) is 16.1. The molecule has 2 unspecified atom stereocenters. The molecule has 0 saturated heterocycles. The van der Waals surface area contributed by atoms with Crippen molar-refractivity contribution in [3.8, 4) is 0 Å². The normalized spacial score (nSPS) is 15.6. The highest BCUT2D eigenvalue weighted by molar-refractivity contribution is 9.10. The largest absolute Gasteiger partial charge is 0.468 e. The zero-order chi connectivity index (χ0) is 14.5. The minimum Gasteiger partial charge on any atom is -0.468 e. The summed E-state index contributed by atoms with van der Waals surface area (Å²) in [7, 11) is 3.18. The van der Waals surface area contributed by atoms with Gasteiger partial charge in [0.15, 0.2) is 0 Å². The average Bonchev–Trinajstić information content (AvgIpc) is 2.40. The summed E-state index contributed by atoms with van der Waals surface area (Å²) in [6, 6.07) is 3.84. The van der Waals surface area contributed by atoms with E-state index in [-0.39, 0.29) is 11.2 Å².